The summed E-state index contributed by atoms with van der Waals surface area (Å²) in [6.45, 7) is 5.05. The Balaban J connectivity index is 1.68. The Morgan fingerprint density at radius 3 is 2.59 bits per heavy atom. The van der Waals surface area contributed by atoms with Gasteiger partial charge in [-0.1, -0.05) is 38.1 Å². The number of halogens is 1. The second kappa shape index (κ2) is 8.05. The Bertz CT molecular complexity index is 892. The lowest BCUT2D eigenvalue weighted by atomic mass is 9.84. The number of likely N-dealkylation sites (N-methyl/N-ethyl adjacent to an activating group) is 1. The van der Waals surface area contributed by atoms with Crippen molar-refractivity contribution in [2.24, 2.45) is 0 Å². The molecule has 2 aromatic carbocycles. The molecule has 3 aromatic rings. The summed E-state index contributed by atoms with van der Waals surface area (Å²) in [4.78, 5) is 6.79. The van der Waals surface area contributed by atoms with E-state index in [-0.39, 0.29) is 11.2 Å². The summed E-state index contributed by atoms with van der Waals surface area (Å²) in [6.07, 6.45) is 0.670. The van der Waals surface area contributed by atoms with Crippen LogP contribution in [0.4, 0.5) is 9.52 Å². The number of ether oxygens (including phenoxy) is 1. The van der Waals surface area contributed by atoms with Crippen LogP contribution in [0.3, 0.4) is 0 Å². The Kier molecular flexibility index (Phi) is 5.75. The van der Waals surface area contributed by atoms with Crippen molar-refractivity contribution >= 4 is 16.7 Å². The SMILES string of the molecule is COc1cccc(Cc2nsc(N(C)CC(C)(C)c3ccc(F)cc3)n2)c1. The van der Waals surface area contributed by atoms with Crippen LogP contribution in [0.1, 0.15) is 30.8 Å². The number of hydrogen-bond acceptors (Lipinski definition) is 5. The molecule has 0 aliphatic carbocycles. The average molecular weight is 386 g/mol. The molecule has 0 radical (unpaired) electrons. The minimum absolute atomic E-state index is 0.138. The maximum Gasteiger partial charge on any atom is 0.204 e. The standard InChI is InChI=1S/C21H24FN3OS/c1-21(2,16-8-10-17(22)11-9-16)14-25(3)20-23-19(24-27-20)13-15-6-5-7-18(12-15)26-4/h5-12H,13-14H2,1-4H3. The molecular formula is C21H24FN3OS. The Morgan fingerprint density at radius 2 is 1.89 bits per heavy atom. The highest BCUT2D eigenvalue weighted by molar-refractivity contribution is 7.09. The lowest BCUT2D eigenvalue weighted by Gasteiger charge is -2.30. The minimum Gasteiger partial charge on any atom is -0.497 e. The summed E-state index contributed by atoms with van der Waals surface area (Å²) >= 11 is 1.40. The van der Waals surface area contributed by atoms with Gasteiger partial charge in [-0.15, -0.1) is 0 Å². The molecule has 27 heavy (non-hydrogen) atoms. The van der Waals surface area contributed by atoms with Gasteiger partial charge in [0, 0.05) is 37.0 Å². The van der Waals surface area contributed by atoms with Gasteiger partial charge in [-0.05, 0) is 35.4 Å². The maximum atomic E-state index is 13.2. The second-order valence-electron chi connectivity index (χ2n) is 7.27. The fraction of sp³-hybridized carbons (Fsp3) is 0.333. The maximum absolute atomic E-state index is 13.2. The van der Waals surface area contributed by atoms with Gasteiger partial charge in [-0.2, -0.15) is 4.37 Å². The highest BCUT2D eigenvalue weighted by Crippen LogP contribution is 2.27. The average Bonchev–Trinajstić information content (AvgIpc) is 3.10. The number of methoxy groups -OCH3 is 1. The normalized spacial score (nSPS) is 11.4. The Hall–Kier alpha value is -2.47. The molecule has 142 valence electrons. The van der Waals surface area contributed by atoms with Crippen LogP contribution in [0, 0.1) is 5.82 Å². The van der Waals surface area contributed by atoms with Crippen molar-refractivity contribution in [3.8, 4) is 5.75 Å². The van der Waals surface area contributed by atoms with Crippen molar-refractivity contribution < 1.29 is 9.13 Å². The van der Waals surface area contributed by atoms with Gasteiger partial charge in [0.2, 0.25) is 5.13 Å². The topological polar surface area (TPSA) is 38.2 Å². The number of nitrogens with zero attached hydrogens (tertiary/aromatic N) is 3. The van der Waals surface area contributed by atoms with E-state index in [1.807, 2.05) is 43.4 Å². The minimum atomic E-state index is -0.214. The van der Waals surface area contributed by atoms with E-state index in [1.165, 1.54) is 23.7 Å². The molecule has 6 heteroatoms. The first-order chi connectivity index (χ1) is 12.9. The van der Waals surface area contributed by atoms with Crippen LogP contribution in [-0.2, 0) is 11.8 Å². The number of aromatic nitrogens is 2. The molecule has 0 unspecified atom stereocenters. The van der Waals surface area contributed by atoms with Gasteiger partial charge in [-0.3, -0.25) is 0 Å². The van der Waals surface area contributed by atoms with E-state index < -0.39 is 0 Å². The van der Waals surface area contributed by atoms with Gasteiger partial charge in [0.05, 0.1) is 7.11 Å². The highest BCUT2D eigenvalue weighted by atomic mass is 32.1. The summed E-state index contributed by atoms with van der Waals surface area (Å²) in [5.41, 5.74) is 2.08. The molecule has 0 aliphatic rings. The van der Waals surface area contributed by atoms with E-state index >= 15 is 0 Å². The van der Waals surface area contributed by atoms with Gasteiger partial charge in [0.15, 0.2) is 0 Å². The molecular weight excluding hydrogens is 361 g/mol. The zero-order chi connectivity index (χ0) is 19.4. The number of rotatable bonds is 7. The van der Waals surface area contributed by atoms with Crippen molar-refractivity contribution in [3.63, 3.8) is 0 Å². The molecule has 0 bridgehead atoms. The molecule has 0 spiro atoms. The molecule has 0 saturated carbocycles. The molecule has 0 N–H and O–H groups in total. The smallest absolute Gasteiger partial charge is 0.204 e. The molecule has 0 amide bonds. The van der Waals surface area contributed by atoms with Crippen LogP contribution in [0.15, 0.2) is 48.5 Å². The van der Waals surface area contributed by atoms with Gasteiger partial charge in [0.25, 0.3) is 0 Å². The van der Waals surface area contributed by atoms with E-state index in [4.69, 9.17) is 4.74 Å². The van der Waals surface area contributed by atoms with E-state index in [2.05, 4.69) is 28.1 Å². The molecule has 0 fully saturated rings. The van der Waals surface area contributed by atoms with Crippen LogP contribution in [0.2, 0.25) is 0 Å². The van der Waals surface area contributed by atoms with Gasteiger partial charge >= 0.3 is 0 Å². The van der Waals surface area contributed by atoms with Crippen molar-refractivity contribution in [1.82, 2.24) is 9.36 Å². The molecule has 1 heterocycles. The zero-order valence-corrected chi connectivity index (χ0v) is 16.9. The van der Waals surface area contributed by atoms with E-state index in [0.717, 1.165) is 34.4 Å². The van der Waals surface area contributed by atoms with Crippen LogP contribution < -0.4 is 9.64 Å². The van der Waals surface area contributed by atoms with Crippen molar-refractivity contribution in [3.05, 3.63) is 71.3 Å². The number of anilines is 1. The summed E-state index contributed by atoms with van der Waals surface area (Å²) in [5, 5.41) is 0.878. The quantitative estimate of drug-likeness (QED) is 0.591. The first-order valence-corrected chi connectivity index (χ1v) is 9.57. The third-order valence-corrected chi connectivity index (χ3v) is 5.41. The second-order valence-corrected chi connectivity index (χ2v) is 8.00. The molecule has 1 aromatic heterocycles. The summed E-state index contributed by atoms with van der Waals surface area (Å²) in [6, 6.07) is 14.7. The fourth-order valence-corrected chi connectivity index (χ4v) is 3.73. The number of hydrogen-bond donors (Lipinski definition) is 0. The fourth-order valence-electron chi connectivity index (χ4n) is 3.09. The van der Waals surface area contributed by atoms with Crippen LogP contribution >= 0.6 is 11.5 Å². The summed E-state index contributed by atoms with van der Waals surface area (Å²) in [7, 11) is 3.68. The van der Waals surface area contributed by atoms with Crippen LogP contribution in [0.5, 0.6) is 5.75 Å². The van der Waals surface area contributed by atoms with Crippen molar-refractivity contribution in [2.45, 2.75) is 25.7 Å². The Labute approximate surface area is 163 Å². The predicted molar refractivity (Wildman–Crippen MR) is 108 cm³/mol. The van der Waals surface area contributed by atoms with Crippen molar-refractivity contribution in [2.75, 3.05) is 25.6 Å². The molecule has 0 saturated heterocycles. The number of benzene rings is 2. The van der Waals surface area contributed by atoms with E-state index in [0.29, 0.717) is 6.42 Å². The third-order valence-electron chi connectivity index (χ3n) is 4.54. The van der Waals surface area contributed by atoms with Gasteiger partial charge < -0.3 is 9.64 Å². The predicted octanol–water partition coefficient (Wildman–Crippen LogP) is 4.69. The Morgan fingerprint density at radius 1 is 1.15 bits per heavy atom. The van der Waals surface area contributed by atoms with E-state index in [1.54, 1.807) is 7.11 Å². The van der Waals surface area contributed by atoms with Crippen LogP contribution in [0.25, 0.3) is 0 Å². The van der Waals surface area contributed by atoms with Crippen molar-refractivity contribution in [1.29, 1.82) is 0 Å². The summed E-state index contributed by atoms with van der Waals surface area (Å²) < 4.78 is 23.0. The van der Waals surface area contributed by atoms with Crippen LogP contribution in [-0.4, -0.2) is 30.1 Å². The molecule has 0 aliphatic heterocycles. The molecule has 3 rings (SSSR count). The zero-order valence-electron chi connectivity index (χ0n) is 16.1. The van der Waals surface area contributed by atoms with Gasteiger partial charge in [-0.25, -0.2) is 9.37 Å². The lowest BCUT2D eigenvalue weighted by Crippen LogP contribution is -2.34. The lowest BCUT2D eigenvalue weighted by molar-refractivity contribution is 0.414. The monoisotopic (exact) mass is 385 g/mol. The van der Waals surface area contributed by atoms with E-state index in [9.17, 15) is 4.39 Å². The third kappa shape index (κ3) is 4.83. The molecule has 4 nitrogen and oxygen atoms in total. The molecule has 0 atom stereocenters. The first kappa shape index (κ1) is 19.3. The highest BCUT2D eigenvalue weighted by Gasteiger charge is 2.24. The first-order valence-electron chi connectivity index (χ1n) is 8.80. The van der Waals surface area contributed by atoms with Gasteiger partial charge in [0.1, 0.15) is 17.4 Å². The summed E-state index contributed by atoms with van der Waals surface area (Å²) in [5.74, 6) is 1.42. The largest absolute Gasteiger partial charge is 0.497 e.